The normalized spacial score (nSPS) is 10.2. The van der Waals surface area contributed by atoms with Crippen molar-refractivity contribution in [1.82, 2.24) is 19.7 Å². The van der Waals surface area contributed by atoms with Crippen LogP contribution in [0.1, 0.15) is 10.4 Å². The molecular formula is C9H9N7O3. The molecule has 2 aromatic heterocycles. The summed E-state index contributed by atoms with van der Waals surface area (Å²) in [5, 5.41) is 17.4. The first kappa shape index (κ1) is 12.4. The van der Waals surface area contributed by atoms with Gasteiger partial charge in [0, 0.05) is 13.2 Å². The van der Waals surface area contributed by atoms with Crippen molar-refractivity contribution in [2.24, 2.45) is 5.73 Å². The van der Waals surface area contributed by atoms with Crippen molar-refractivity contribution in [3.05, 3.63) is 34.3 Å². The molecule has 0 fully saturated rings. The molecule has 98 valence electrons. The maximum atomic E-state index is 11.0. The number of amides is 1. The lowest BCUT2D eigenvalue weighted by Crippen LogP contribution is -2.10. The van der Waals surface area contributed by atoms with Gasteiger partial charge in [0.1, 0.15) is 6.20 Å². The number of hydrogen-bond acceptors (Lipinski definition) is 7. The van der Waals surface area contributed by atoms with Crippen LogP contribution in [0, 0.1) is 10.1 Å². The number of carbonyl (C=O) groups excluding carboxylic acids is 1. The molecule has 2 rings (SSSR count). The molecule has 10 nitrogen and oxygen atoms in total. The van der Waals surface area contributed by atoms with Gasteiger partial charge in [0.05, 0.1) is 16.7 Å². The maximum absolute atomic E-state index is 11.0. The van der Waals surface area contributed by atoms with Crippen molar-refractivity contribution in [3.8, 4) is 5.82 Å². The zero-order valence-corrected chi connectivity index (χ0v) is 9.77. The van der Waals surface area contributed by atoms with Crippen molar-refractivity contribution in [3.63, 3.8) is 0 Å². The monoisotopic (exact) mass is 263 g/mol. The summed E-state index contributed by atoms with van der Waals surface area (Å²) in [5.41, 5.74) is 4.88. The van der Waals surface area contributed by atoms with Gasteiger partial charge in [0.15, 0.2) is 0 Å². The van der Waals surface area contributed by atoms with Gasteiger partial charge >= 0.3 is 5.69 Å². The summed E-state index contributed by atoms with van der Waals surface area (Å²) < 4.78 is 1.10. The predicted octanol–water partition coefficient (Wildman–Crippen LogP) is -0.289. The molecule has 0 unspecified atom stereocenters. The fourth-order valence-electron chi connectivity index (χ4n) is 1.35. The molecule has 0 aliphatic heterocycles. The Morgan fingerprint density at radius 2 is 2.26 bits per heavy atom. The molecule has 0 aliphatic carbocycles. The highest BCUT2D eigenvalue weighted by atomic mass is 16.6. The lowest BCUT2D eigenvalue weighted by Gasteiger charge is -2.03. The summed E-state index contributed by atoms with van der Waals surface area (Å²) in [7, 11) is 1.57. The van der Waals surface area contributed by atoms with E-state index in [2.05, 4.69) is 20.4 Å². The van der Waals surface area contributed by atoms with E-state index >= 15 is 0 Å². The highest BCUT2D eigenvalue weighted by Gasteiger charge is 2.20. The summed E-state index contributed by atoms with van der Waals surface area (Å²) in [6.07, 6.45) is 3.52. The summed E-state index contributed by atoms with van der Waals surface area (Å²) >= 11 is 0. The van der Waals surface area contributed by atoms with Crippen LogP contribution in [-0.2, 0) is 0 Å². The molecule has 3 N–H and O–H groups in total. The molecule has 1 amide bonds. The van der Waals surface area contributed by atoms with E-state index in [1.165, 1.54) is 12.4 Å². The van der Waals surface area contributed by atoms with E-state index in [0.29, 0.717) is 0 Å². The quantitative estimate of drug-likeness (QED) is 0.570. The minimum absolute atomic E-state index is 0.0585. The van der Waals surface area contributed by atoms with Crippen LogP contribution in [0.15, 0.2) is 18.6 Å². The average molecular weight is 263 g/mol. The predicted molar refractivity (Wildman–Crippen MR) is 63.9 cm³/mol. The number of aromatic nitrogens is 4. The van der Waals surface area contributed by atoms with Crippen molar-refractivity contribution in [2.45, 2.75) is 0 Å². The Bertz CT molecular complexity index is 651. The second-order valence-corrected chi connectivity index (χ2v) is 3.45. The zero-order valence-electron chi connectivity index (χ0n) is 9.77. The second kappa shape index (κ2) is 4.68. The Hall–Kier alpha value is -3.04. The van der Waals surface area contributed by atoms with E-state index < -0.39 is 10.8 Å². The summed E-state index contributed by atoms with van der Waals surface area (Å²) in [4.78, 5) is 28.9. The van der Waals surface area contributed by atoms with E-state index in [0.717, 1.165) is 10.9 Å². The summed E-state index contributed by atoms with van der Waals surface area (Å²) in [6, 6.07) is 0. The van der Waals surface area contributed by atoms with E-state index in [-0.39, 0.29) is 23.0 Å². The Morgan fingerprint density at radius 1 is 1.53 bits per heavy atom. The van der Waals surface area contributed by atoms with Gasteiger partial charge in [-0.25, -0.2) is 9.67 Å². The molecule has 0 aromatic carbocycles. The van der Waals surface area contributed by atoms with Gasteiger partial charge in [-0.15, -0.1) is 0 Å². The van der Waals surface area contributed by atoms with Crippen molar-refractivity contribution < 1.29 is 9.72 Å². The number of nitrogens with two attached hydrogens (primary N) is 1. The summed E-state index contributed by atoms with van der Waals surface area (Å²) in [5.74, 6) is -0.551. The molecule has 0 saturated carbocycles. The standard InChI is InChI=1S/C9H9N7O3/c1-11-9-12-3-6(16(18)19)8(14-9)15-4-5(2-13-15)7(10)17/h2-4H,1H3,(H2,10,17)(H,11,12,14). The molecule has 0 radical (unpaired) electrons. The van der Waals surface area contributed by atoms with Crippen LogP contribution in [0.3, 0.4) is 0 Å². The van der Waals surface area contributed by atoms with Crippen LogP contribution in [0.2, 0.25) is 0 Å². The Morgan fingerprint density at radius 3 is 2.79 bits per heavy atom. The van der Waals surface area contributed by atoms with Crippen LogP contribution in [-0.4, -0.2) is 37.6 Å². The van der Waals surface area contributed by atoms with Gasteiger partial charge in [-0.2, -0.15) is 10.1 Å². The van der Waals surface area contributed by atoms with Gasteiger partial charge < -0.3 is 11.1 Å². The third-order valence-electron chi connectivity index (χ3n) is 2.25. The van der Waals surface area contributed by atoms with Crippen LogP contribution in [0.4, 0.5) is 11.6 Å². The van der Waals surface area contributed by atoms with Gasteiger partial charge in [-0.3, -0.25) is 14.9 Å². The van der Waals surface area contributed by atoms with Gasteiger partial charge in [0.2, 0.25) is 11.8 Å². The number of anilines is 1. The van der Waals surface area contributed by atoms with Crippen molar-refractivity contribution in [1.29, 1.82) is 0 Å². The topological polar surface area (TPSA) is 142 Å². The van der Waals surface area contributed by atoms with Crippen LogP contribution >= 0.6 is 0 Å². The molecule has 0 spiro atoms. The first-order chi connectivity index (χ1) is 9.02. The number of carbonyl (C=O) groups is 1. The molecule has 0 atom stereocenters. The average Bonchev–Trinajstić information content (AvgIpc) is 2.87. The third kappa shape index (κ3) is 2.31. The molecule has 2 heterocycles. The number of primary amides is 1. The van der Waals surface area contributed by atoms with Crippen LogP contribution in [0.25, 0.3) is 5.82 Å². The highest BCUT2D eigenvalue weighted by Crippen LogP contribution is 2.20. The van der Waals surface area contributed by atoms with Gasteiger partial charge in [-0.05, 0) is 0 Å². The number of nitrogens with one attached hydrogen (secondary N) is 1. The molecule has 10 heteroatoms. The maximum Gasteiger partial charge on any atom is 0.332 e. The molecule has 2 aromatic rings. The SMILES string of the molecule is CNc1ncc([N+](=O)[O-])c(-n2cc(C(N)=O)cn2)n1. The number of nitro groups is 1. The third-order valence-corrected chi connectivity index (χ3v) is 2.25. The van der Waals surface area contributed by atoms with Crippen molar-refractivity contribution >= 4 is 17.5 Å². The lowest BCUT2D eigenvalue weighted by atomic mass is 10.3. The van der Waals surface area contributed by atoms with Crippen LogP contribution < -0.4 is 11.1 Å². The molecule has 19 heavy (non-hydrogen) atoms. The fourth-order valence-corrected chi connectivity index (χ4v) is 1.35. The van der Waals surface area contributed by atoms with E-state index in [1.807, 2.05) is 0 Å². The molecule has 0 bridgehead atoms. The lowest BCUT2D eigenvalue weighted by molar-refractivity contribution is -0.385. The van der Waals surface area contributed by atoms with E-state index in [1.54, 1.807) is 7.05 Å². The Labute approximate surface area is 106 Å². The smallest absolute Gasteiger partial charge is 0.332 e. The number of nitrogens with zero attached hydrogens (tertiary/aromatic N) is 5. The van der Waals surface area contributed by atoms with E-state index in [9.17, 15) is 14.9 Å². The van der Waals surface area contributed by atoms with Crippen molar-refractivity contribution in [2.75, 3.05) is 12.4 Å². The zero-order chi connectivity index (χ0) is 14.0. The molecule has 0 aliphatic rings. The number of hydrogen-bond donors (Lipinski definition) is 2. The number of rotatable bonds is 4. The Balaban J connectivity index is 2.57. The Kier molecular flexibility index (Phi) is 3.06. The molecular weight excluding hydrogens is 254 g/mol. The molecule has 0 saturated heterocycles. The van der Waals surface area contributed by atoms with Crippen LogP contribution in [0.5, 0.6) is 0 Å². The minimum Gasteiger partial charge on any atom is -0.366 e. The largest absolute Gasteiger partial charge is 0.366 e. The second-order valence-electron chi connectivity index (χ2n) is 3.45. The van der Waals surface area contributed by atoms with E-state index in [4.69, 9.17) is 5.73 Å². The van der Waals surface area contributed by atoms with Gasteiger partial charge in [-0.1, -0.05) is 0 Å². The summed E-state index contributed by atoms with van der Waals surface area (Å²) in [6.45, 7) is 0. The fraction of sp³-hybridized carbons (Fsp3) is 0.111. The highest BCUT2D eigenvalue weighted by molar-refractivity contribution is 5.92. The minimum atomic E-state index is -0.684. The van der Waals surface area contributed by atoms with Gasteiger partial charge in [0.25, 0.3) is 5.91 Å². The first-order valence-electron chi connectivity index (χ1n) is 5.07. The first-order valence-corrected chi connectivity index (χ1v) is 5.07.